The molecule has 1 saturated heterocycles. The van der Waals surface area contributed by atoms with Crippen molar-refractivity contribution in [2.75, 3.05) is 18.0 Å². The second-order valence-corrected chi connectivity index (χ2v) is 8.96. The number of halogens is 4. The van der Waals surface area contributed by atoms with Crippen molar-refractivity contribution in [3.05, 3.63) is 58.1 Å². The molecule has 1 amide bonds. The summed E-state index contributed by atoms with van der Waals surface area (Å²) in [5.74, 6) is -1.31. The summed E-state index contributed by atoms with van der Waals surface area (Å²) in [6.07, 6.45) is -2.79. The van der Waals surface area contributed by atoms with Gasteiger partial charge in [-0.05, 0) is 82.7 Å². The third-order valence-electron chi connectivity index (χ3n) is 5.88. The lowest BCUT2D eigenvalue weighted by atomic mass is 9.81. The van der Waals surface area contributed by atoms with Crippen LogP contribution in [0.2, 0.25) is 0 Å². The minimum Gasteiger partial charge on any atom is -0.478 e. The first-order valence-electron chi connectivity index (χ1n) is 10.4. The van der Waals surface area contributed by atoms with Gasteiger partial charge in [0.25, 0.3) is 0 Å². The number of nitrogens with zero attached hydrogens (tertiary/aromatic N) is 1. The van der Waals surface area contributed by atoms with Crippen molar-refractivity contribution in [1.82, 2.24) is 5.32 Å². The highest BCUT2D eigenvalue weighted by atomic mass is 79.9. The van der Waals surface area contributed by atoms with E-state index in [1.807, 2.05) is 6.92 Å². The largest absolute Gasteiger partial charge is 0.573 e. The smallest absolute Gasteiger partial charge is 0.478 e. The van der Waals surface area contributed by atoms with Gasteiger partial charge in [-0.25, -0.2) is 4.79 Å². The molecule has 10 heteroatoms. The van der Waals surface area contributed by atoms with E-state index in [-0.39, 0.29) is 27.1 Å². The number of carbonyl (C=O) groups is 2. The highest BCUT2D eigenvalue weighted by Crippen LogP contribution is 2.40. The Bertz CT molecular complexity index is 1010. The van der Waals surface area contributed by atoms with E-state index in [1.165, 1.54) is 18.2 Å². The number of ether oxygens (including phenoxy) is 1. The van der Waals surface area contributed by atoms with Crippen LogP contribution in [0.5, 0.6) is 5.75 Å². The number of benzene rings is 2. The minimum atomic E-state index is -4.75. The summed E-state index contributed by atoms with van der Waals surface area (Å²) >= 11 is 3.10. The number of nitrogens with one attached hydrogen (secondary N) is 1. The van der Waals surface area contributed by atoms with Crippen LogP contribution in [0.4, 0.5) is 18.9 Å². The molecule has 0 aliphatic carbocycles. The Morgan fingerprint density at radius 1 is 1.24 bits per heavy atom. The van der Waals surface area contributed by atoms with Gasteiger partial charge < -0.3 is 20.1 Å². The Labute approximate surface area is 197 Å². The first kappa shape index (κ1) is 25.0. The fourth-order valence-corrected chi connectivity index (χ4v) is 4.45. The Kier molecular flexibility index (Phi) is 7.69. The van der Waals surface area contributed by atoms with Gasteiger partial charge in [-0.15, -0.1) is 13.2 Å². The number of rotatable bonds is 9. The van der Waals surface area contributed by atoms with Crippen LogP contribution >= 0.6 is 15.9 Å². The molecule has 0 saturated carbocycles. The quantitative estimate of drug-likeness (QED) is 0.428. The summed E-state index contributed by atoms with van der Waals surface area (Å²) < 4.78 is 41.4. The van der Waals surface area contributed by atoms with Crippen molar-refractivity contribution in [3.8, 4) is 5.75 Å². The van der Waals surface area contributed by atoms with Crippen molar-refractivity contribution >= 4 is 33.5 Å². The zero-order chi connectivity index (χ0) is 24.2. The molecule has 0 radical (unpaired) electrons. The molecule has 2 aromatic carbocycles. The normalized spacial score (nSPS) is 18.6. The summed E-state index contributed by atoms with van der Waals surface area (Å²) in [6.45, 7) is 3.68. The molecule has 1 unspecified atom stereocenters. The van der Waals surface area contributed by atoms with Gasteiger partial charge in [-0.3, -0.25) is 4.79 Å². The number of carboxylic acid groups (broad SMARTS) is 1. The van der Waals surface area contributed by atoms with E-state index < -0.39 is 12.3 Å². The number of carboxylic acids is 1. The van der Waals surface area contributed by atoms with Gasteiger partial charge in [-0.1, -0.05) is 13.0 Å². The maximum atomic E-state index is 12.7. The SMILES string of the molecule is CCC1(CCNCc2ccc(OC(F)(F)F)c(Br)c2)CC(=O)N(c2ccc(C(=O)O)cc2)C1. The number of carbonyl (C=O) groups excluding carboxylic acids is 1. The van der Waals surface area contributed by atoms with Gasteiger partial charge in [0.05, 0.1) is 10.0 Å². The van der Waals surface area contributed by atoms with Crippen LogP contribution in [0.15, 0.2) is 46.9 Å². The third-order valence-corrected chi connectivity index (χ3v) is 6.50. The van der Waals surface area contributed by atoms with E-state index in [1.54, 1.807) is 29.2 Å². The molecule has 2 N–H and O–H groups in total. The molecule has 1 aliphatic rings. The summed E-state index contributed by atoms with van der Waals surface area (Å²) in [7, 11) is 0. The minimum absolute atomic E-state index is 0.00380. The molecular formula is C23H24BrF3N2O4. The van der Waals surface area contributed by atoms with E-state index in [4.69, 9.17) is 5.11 Å². The van der Waals surface area contributed by atoms with Crippen LogP contribution in [-0.4, -0.2) is 36.4 Å². The monoisotopic (exact) mass is 528 g/mol. The fraction of sp³-hybridized carbons (Fsp3) is 0.391. The maximum Gasteiger partial charge on any atom is 0.573 e. The molecule has 1 fully saturated rings. The zero-order valence-corrected chi connectivity index (χ0v) is 19.5. The first-order chi connectivity index (χ1) is 15.5. The highest BCUT2D eigenvalue weighted by Gasteiger charge is 2.42. The Morgan fingerprint density at radius 2 is 1.94 bits per heavy atom. The predicted octanol–water partition coefficient (Wildman–Crippen LogP) is 5.36. The topological polar surface area (TPSA) is 78.9 Å². The van der Waals surface area contributed by atoms with E-state index >= 15 is 0 Å². The van der Waals surface area contributed by atoms with Gasteiger partial charge >= 0.3 is 12.3 Å². The average molecular weight is 529 g/mol. The average Bonchev–Trinajstić information content (AvgIpc) is 3.09. The lowest BCUT2D eigenvalue weighted by Gasteiger charge is -2.27. The number of amides is 1. The standard InChI is InChI=1S/C23H24BrF3N2O4/c1-2-22(12-20(30)29(14-22)17-6-4-16(5-7-17)21(31)32)9-10-28-13-15-3-8-19(18(24)11-15)33-23(25,26)27/h3-8,11,28H,2,9-10,12-14H2,1H3,(H,31,32). The molecule has 178 valence electrons. The van der Waals surface area contributed by atoms with Crippen LogP contribution in [0.3, 0.4) is 0 Å². The number of hydrogen-bond donors (Lipinski definition) is 2. The Balaban J connectivity index is 1.55. The van der Waals surface area contributed by atoms with Crippen molar-refractivity contribution in [1.29, 1.82) is 0 Å². The van der Waals surface area contributed by atoms with Crippen LogP contribution in [0, 0.1) is 5.41 Å². The molecular weight excluding hydrogens is 505 g/mol. The molecule has 33 heavy (non-hydrogen) atoms. The molecule has 3 rings (SSSR count). The number of alkyl halides is 3. The van der Waals surface area contributed by atoms with Gasteiger partial charge in [0.1, 0.15) is 5.75 Å². The Morgan fingerprint density at radius 3 is 2.52 bits per heavy atom. The molecule has 6 nitrogen and oxygen atoms in total. The second-order valence-electron chi connectivity index (χ2n) is 8.10. The number of anilines is 1. The fourth-order valence-electron chi connectivity index (χ4n) is 3.94. The summed E-state index contributed by atoms with van der Waals surface area (Å²) in [5.41, 5.74) is 1.44. The Hall–Kier alpha value is -2.59. The van der Waals surface area contributed by atoms with E-state index in [0.29, 0.717) is 31.7 Å². The first-order valence-corrected chi connectivity index (χ1v) is 11.2. The third kappa shape index (κ3) is 6.48. The molecule has 0 aromatic heterocycles. The maximum absolute atomic E-state index is 12.7. The molecule has 1 atom stereocenters. The van der Waals surface area contributed by atoms with Gasteiger partial charge in [0, 0.05) is 25.2 Å². The summed E-state index contributed by atoms with van der Waals surface area (Å²) in [6, 6.07) is 10.7. The van der Waals surface area contributed by atoms with Crippen LogP contribution < -0.4 is 15.0 Å². The molecule has 0 bridgehead atoms. The predicted molar refractivity (Wildman–Crippen MR) is 120 cm³/mol. The van der Waals surface area contributed by atoms with Gasteiger partial charge in [0.15, 0.2) is 0 Å². The van der Waals surface area contributed by atoms with E-state index in [2.05, 4.69) is 26.0 Å². The molecule has 1 heterocycles. The van der Waals surface area contributed by atoms with E-state index in [9.17, 15) is 22.8 Å². The van der Waals surface area contributed by atoms with Crippen molar-refractivity contribution < 1.29 is 32.6 Å². The van der Waals surface area contributed by atoms with Crippen LogP contribution in [-0.2, 0) is 11.3 Å². The zero-order valence-electron chi connectivity index (χ0n) is 17.9. The van der Waals surface area contributed by atoms with Crippen LogP contribution in [0.1, 0.15) is 42.1 Å². The van der Waals surface area contributed by atoms with Crippen LogP contribution in [0.25, 0.3) is 0 Å². The van der Waals surface area contributed by atoms with E-state index in [0.717, 1.165) is 18.4 Å². The highest BCUT2D eigenvalue weighted by molar-refractivity contribution is 9.10. The number of aromatic carboxylic acids is 1. The second kappa shape index (κ2) is 10.1. The molecule has 2 aromatic rings. The van der Waals surface area contributed by atoms with Crippen molar-refractivity contribution in [3.63, 3.8) is 0 Å². The van der Waals surface area contributed by atoms with Crippen molar-refractivity contribution in [2.24, 2.45) is 5.41 Å². The summed E-state index contributed by atoms with van der Waals surface area (Å²) in [4.78, 5) is 25.4. The molecule has 1 aliphatic heterocycles. The molecule has 0 spiro atoms. The summed E-state index contributed by atoms with van der Waals surface area (Å²) in [5, 5.41) is 12.3. The van der Waals surface area contributed by atoms with Gasteiger partial charge in [0.2, 0.25) is 5.91 Å². The van der Waals surface area contributed by atoms with Gasteiger partial charge in [-0.2, -0.15) is 0 Å². The van der Waals surface area contributed by atoms with Crippen molar-refractivity contribution in [2.45, 2.75) is 39.1 Å². The number of hydrogen-bond acceptors (Lipinski definition) is 4. The lowest BCUT2D eigenvalue weighted by molar-refractivity contribution is -0.274. The lowest BCUT2D eigenvalue weighted by Crippen LogP contribution is -2.31.